The van der Waals surface area contributed by atoms with E-state index in [1.165, 1.54) is 6.08 Å². The summed E-state index contributed by atoms with van der Waals surface area (Å²) in [5.41, 5.74) is 3.59. The Morgan fingerprint density at radius 3 is 2.22 bits per heavy atom. The Morgan fingerprint density at radius 1 is 0.852 bits per heavy atom. The molecule has 0 fully saturated rings. The van der Waals surface area contributed by atoms with Gasteiger partial charge in [-0.1, -0.05) is 54.6 Å². The number of ether oxygens (including phenoxy) is 2. The van der Waals surface area contributed by atoms with Gasteiger partial charge in [-0.25, -0.2) is 0 Å². The molecule has 0 atom stereocenters. The molecule has 4 nitrogen and oxygen atoms in total. The summed E-state index contributed by atoms with van der Waals surface area (Å²) in [6.45, 7) is 0. The second kappa shape index (κ2) is 8.72. The van der Waals surface area contributed by atoms with Crippen LogP contribution in [0.25, 0.3) is 11.1 Å². The fraction of sp³-hybridized carbons (Fsp3) is 0.0870. The molecule has 0 amide bonds. The molecule has 0 unspecified atom stereocenters. The highest BCUT2D eigenvalue weighted by Gasteiger charge is 2.05. The summed E-state index contributed by atoms with van der Waals surface area (Å²) in [5, 5.41) is 3.07. The molecule has 0 spiro atoms. The zero-order chi connectivity index (χ0) is 19.1. The highest BCUT2D eigenvalue weighted by molar-refractivity contribution is 6.04. The predicted molar refractivity (Wildman–Crippen MR) is 109 cm³/mol. The minimum atomic E-state index is -0.0745. The number of hydrogen-bond acceptors (Lipinski definition) is 4. The lowest BCUT2D eigenvalue weighted by atomic mass is 10.0. The van der Waals surface area contributed by atoms with Crippen molar-refractivity contribution in [2.24, 2.45) is 0 Å². The third-order valence-corrected chi connectivity index (χ3v) is 4.16. The molecule has 0 aromatic heterocycles. The molecular weight excluding hydrogens is 338 g/mol. The molecule has 136 valence electrons. The van der Waals surface area contributed by atoms with Crippen LogP contribution in [0.2, 0.25) is 0 Å². The van der Waals surface area contributed by atoms with Crippen LogP contribution in [0.1, 0.15) is 10.4 Å². The Hall–Kier alpha value is -3.53. The molecule has 0 saturated carbocycles. The number of hydrogen-bond donors (Lipinski definition) is 1. The molecule has 0 saturated heterocycles. The molecule has 4 heteroatoms. The number of anilines is 1. The maximum absolute atomic E-state index is 12.4. The molecule has 0 heterocycles. The number of rotatable bonds is 7. The molecule has 0 bridgehead atoms. The smallest absolute Gasteiger partial charge is 0.187 e. The van der Waals surface area contributed by atoms with E-state index in [1.807, 2.05) is 66.7 Å². The van der Waals surface area contributed by atoms with Crippen molar-refractivity contribution in [3.05, 3.63) is 90.6 Å². The predicted octanol–water partition coefficient (Wildman–Crippen LogP) is 5.18. The summed E-state index contributed by atoms with van der Waals surface area (Å²) in [6.07, 6.45) is 3.11. The maximum Gasteiger partial charge on any atom is 0.187 e. The van der Waals surface area contributed by atoms with Crippen LogP contribution in [-0.4, -0.2) is 20.0 Å². The third-order valence-electron chi connectivity index (χ3n) is 4.16. The third kappa shape index (κ3) is 4.55. The van der Waals surface area contributed by atoms with Gasteiger partial charge in [0.05, 0.1) is 19.9 Å². The fourth-order valence-electron chi connectivity index (χ4n) is 2.68. The van der Waals surface area contributed by atoms with E-state index in [0.717, 1.165) is 16.8 Å². The quantitative estimate of drug-likeness (QED) is 0.466. The van der Waals surface area contributed by atoms with E-state index in [4.69, 9.17) is 9.47 Å². The lowest BCUT2D eigenvalue weighted by molar-refractivity contribution is 0.104. The van der Waals surface area contributed by atoms with Crippen LogP contribution >= 0.6 is 0 Å². The van der Waals surface area contributed by atoms with Gasteiger partial charge in [-0.2, -0.15) is 0 Å². The summed E-state index contributed by atoms with van der Waals surface area (Å²) in [4.78, 5) is 12.4. The zero-order valence-corrected chi connectivity index (χ0v) is 15.3. The van der Waals surface area contributed by atoms with Gasteiger partial charge in [0.25, 0.3) is 0 Å². The molecule has 0 aliphatic heterocycles. The monoisotopic (exact) mass is 359 g/mol. The minimum absolute atomic E-state index is 0.0745. The standard InChI is InChI=1S/C23H21NO3/c1-26-20-12-13-21(23(16-20)27-2)24-15-14-22(25)19-10-8-18(9-11-19)17-6-4-3-5-7-17/h3-16,24H,1-2H3/b15-14+. The average Bonchev–Trinajstić information content (AvgIpc) is 2.74. The Kier molecular flexibility index (Phi) is 5.90. The van der Waals surface area contributed by atoms with E-state index < -0.39 is 0 Å². The van der Waals surface area contributed by atoms with Crippen molar-refractivity contribution >= 4 is 11.5 Å². The van der Waals surface area contributed by atoms with Gasteiger partial charge in [0.2, 0.25) is 0 Å². The Balaban J connectivity index is 1.67. The first-order valence-corrected chi connectivity index (χ1v) is 8.56. The van der Waals surface area contributed by atoms with Gasteiger partial charge >= 0.3 is 0 Å². The molecular formula is C23H21NO3. The van der Waals surface area contributed by atoms with Gasteiger partial charge in [-0.3, -0.25) is 4.79 Å². The summed E-state index contributed by atoms with van der Waals surface area (Å²) >= 11 is 0. The minimum Gasteiger partial charge on any atom is -0.497 e. The van der Waals surface area contributed by atoms with Crippen LogP contribution in [0, 0.1) is 0 Å². The zero-order valence-electron chi connectivity index (χ0n) is 15.3. The summed E-state index contributed by atoms with van der Waals surface area (Å²) < 4.78 is 10.5. The van der Waals surface area contributed by atoms with Crippen LogP contribution in [-0.2, 0) is 0 Å². The number of methoxy groups -OCH3 is 2. The largest absolute Gasteiger partial charge is 0.497 e. The number of benzene rings is 3. The first kappa shape index (κ1) is 18.3. The lowest BCUT2D eigenvalue weighted by Crippen LogP contribution is -1.98. The van der Waals surface area contributed by atoms with E-state index in [-0.39, 0.29) is 5.78 Å². The first-order valence-electron chi connectivity index (χ1n) is 8.56. The second-order valence-electron chi connectivity index (χ2n) is 5.85. The number of carbonyl (C=O) groups excluding carboxylic acids is 1. The van der Waals surface area contributed by atoms with Crippen molar-refractivity contribution in [1.29, 1.82) is 0 Å². The SMILES string of the molecule is COc1ccc(N/C=C/C(=O)c2ccc(-c3ccccc3)cc2)c(OC)c1. The van der Waals surface area contributed by atoms with E-state index >= 15 is 0 Å². The Bertz CT molecular complexity index is 932. The van der Waals surface area contributed by atoms with Gasteiger partial charge in [0, 0.05) is 23.9 Å². The Morgan fingerprint density at radius 2 is 1.56 bits per heavy atom. The Labute approximate surface area is 159 Å². The van der Waals surface area contributed by atoms with Crippen molar-refractivity contribution in [2.75, 3.05) is 19.5 Å². The highest BCUT2D eigenvalue weighted by atomic mass is 16.5. The molecule has 3 rings (SSSR count). The van der Waals surface area contributed by atoms with Gasteiger partial charge in [0.15, 0.2) is 5.78 Å². The summed E-state index contributed by atoms with van der Waals surface area (Å²) in [7, 11) is 3.19. The van der Waals surface area contributed by atoms with Crippen molar-refractivity contribution in [3.63, 3.8) is 0 Å². The molecule has 3 aromatic carbocycles. The molecule has 3 aromatic rings. The van der Waals surface area contributed by atoms with Crippen LogP contribution in [0.3, 0.4) is 0 Å². The molecule has 0 aliphatic carbocycles. The van der Waals surface area contributed by atoms with Crippen molar-refractivity contribution in [1.82, 2.24) is 0 Å². The second-order valence-corrected chi connectivity index (χ2v) is 5.85. The first-order chi connectivity index (χ1) is 13.2. The van der Waals surface area contributed by atoms with Crippen LogP contribution in [0.4, 0.5) is 5.69 Å². The van der Waals surface area contributed by atoms with Crippen LogP contribution in [0.15, 0.2) is 85.1 Å². The van der Waals surface area contributed by atoms with Crippen molar-refractivity contribution in [3.8, 4) is 22.6 Å². The van der Waals surface area contributed by atoms with E-state index in [9.17, 15) is 4.79 Å². The van der Waals surface area contributed by atoms with Crippen LogP contribution in [0.5, 0.6) is 11.5 Å². The number of ketones is 1. The van der Waals surface area contributed by atoms with Crippen LogP contribution < -0.4 is 14.8 Å². The average molecular weight is 359 g/mol. The lowest BCUT2D eigenvalue weighted by Gasteiger charge is -2.09. The van der Waals surface area contributed by atoms with Gasteiger partial charge in [-0.05, 0) is 23.3 Å². The fourth-order valence-corrected chi connectivity index (χ4v) is 2.68. The van der Waals surface area contributed by atoms with Gasteiger partial charge in [-0.15, -0.1) is 0 Å². The number of carbonyl (C=O) groups is 1. The van der Waals surface area contributed by atoms with Gasteiger partial charge < -0.3 is 14.8 Å². The van der Waals surface area contributed by atoms with E-state index in [2.05, 4.69) is 5.32 Å². The van der Waals surface area contributed by atoms with Crippen molar-refractivity contribution in [2.45, 2.75) is 0 Å². The van der Waals surface area contributed by atoms with E-state index in [1.54, 1.807) is 26.5 Å². The number of allylic oxidation sites excluding steroid dienone is 1. The summed E-state index contributed by atoms with van der Waals surface area (Å²) in [5.74, 6) is 1.27. The molecule has 27 heavy (non-hydrogen) atoms. The number of nitrogens with one attached hydrogen (secondary N) is 1. The molecule has 0 aliphatic rings. The maximum atomic E-state index is 12.4. The molecule has 0 radical (unpaired) electrons. The highest BCUT2D eigenvalue weighted by Crippen LogP contribution is 2.29. The van der Waals surface area contributed by atoms with E-state index in [0.29, 0.717) is 17.1 Å². The van der Waals surface area contributed by atoms with Gasteiger partial charge in [0.1, 0.15) is 11.5 Å². The molecule has 1 N–H and O–H groups in total. The normalized spacial score (nSPS) is 10.6. The van der Waals surface area contributed by atoms with Crippen molar-refractivity contribution < 1.29 is 14.3 Å². The topological polar surface area (TPSA) is 47.6 Å². The summed E-state index contributed by atoms with van der Waals surface area (Å²) in [6, 6.07) is 23.1.